The Morgan fingerprint density at radius 2 is 1.72 bits per heavy atom. The van der Waals surface area contributed by atoms with Crippen LogP contribution in [0.15, 0.2) is 73.3 Å². The Morgan fingerprint density at radius 3 is 2.49 bits per heavy atom. The molecule has 0 saturated carbocycles. The zero-order chi connectivity index (χ0) is 26.6. The number of hydrogen-bond donors (Lipinski definition) is 1. The van der Waals surface area contributed by atoms with Crippen molar-refractivity contribution >= 4 is 0 Å². The van der Waals surface area contributed by atoms with Crippen LogP contribution in [0.2, 0.25) is 0 Å². The predicted molar refractivity (Wildman–Crippen MR) is 152 cm³/mol. The van der Waals surface area contributed by atoms with Crippen molar-refractivity contribution in [2.75, 3.05) is 13.2 Å². The molecule has 6 heteroatoms. The van der Waals surface area contributed by atoms with Gasteiger partial charge in [-0.25, -0.2) is 9.97 Å². The quantitative estimate of drug-likeness (QED) is 0.290. The summed E-state index contributed by atoms with van der Waals surface area (Å²) in [7, 11) is 0. The van der Waals surface area contributed by atoms with Gasteiger partial charge in [-0.3, -0.25) is 4.90 Å². The molecule has 0 amide bonds. The monoisotopic (exact) mass is 521 g/mol. The molecule has 6 nitrogen and oxygen atoms in total. The first-order valence-corrected chi connectivity index (χ1v) is 13.9. The number of nitrogens with zero attached hydrogens (tertiary/aromatic N) is 3. The van der Waals surface area contributed by atoms with Gasteiger partial charge in [0, 0.05) is 48.7 Å². The highest BCUT2D eigenvalue weighted by Gasteiger charge is 2.31. The maximum atomic E-state index is 9.78. The van der Waals surface area contributed by atoms with Gasteiger partial charge in [-0.15, -0.1) is 0 Å². The minimum atomic E-state index is 0.197. The van der Waals surface area contributed by atoms with Gasteiger partial charge in [-0.1, -0.05) is 48.5 Å². The van der Waals surface area contributed by atoms with Crippen LogP contribution in [0.4, 0.5) is 0 Å². The highest BCUT2D eigenvalue weighted by molar-refractivity contribution is 5.68. The van der Waals surface area contributed by atoms with Crippen LogP contribution in [-0.2, 0) is 32.6 Å². The summed E-state index contributed by atoms with van der Waals surface area (Å²) in [6.45, 7) is 5.06. The molecular formula is C33H35N3O3. The number of aromatic nitrogens is 2. The smallest absolute Gasteiger partial charge is 0.128 e. The van der Waals surface area contributed by atoms with Crippen molar-refractivity contribution in [3.8, 4) is 22.6 Å². The lowest BCUT2D eigenvalue weighted by molar-refractivity contribution is 0.0346. The Hall–Kier alpha value is -3.74. The standard InChI is InChI=1S/C33H35N3O3/c1-23-26(9-5-10-28(23)25-7-3-2-4-8-25)21-39-32-15-33(38-20-24-16-34-22-35-17-24)31(29-11-6-12-30(29)32)18-36-14-13-27(36)19-37/h2-5,7-10,15-17,22,27,37H,6,11-14,18-21H2,1H3. The molecular weight excluding hydrogens is 486 g/mol. The van der Waals surface area contributed by atoms with Crippen LogP contribution < -0.4 is 9.47 Å². The number of rotatable bonds is 10. The number of benzene rings is 3. The largest absolute Gasteiger partial charge is 0.488 e. The summed E-state index contributed by atoms with van der Waals surface area (Å²) < 4.78 is 13.0. The van der Waals surface area contributed by atoms with Crippen LogP contribution in [0.25, 0.3) is 11.1 Å². The number of aliphatic hydroxyl groups is 1. The molecule has 0 radical (unpaired) electrons. The molecule has 3 aromatic carbocycles. The number of likely N-dealkylation sites (tertiary alicyclic amines) is 1. The molecule has 1 fully saturated rings. The summed E-state index contributed by atoms with van der Waals surface area (Å²) in [5, 5.41) is 9.78. The lowest BCUT2D eigenvalue weighted by atomic mass is 9.96. The molecule has 2 heterocycles. The van der Waals surface area contributed by atoms with Crippen LogP contribution in [0.3, 0.4) is 0 Å². The van der Waals surface area contributed by atoms with E-state index >= 15 is 0 Å². The predicted octanol–water partition coefficient (Wildman–Crippen LogP) is 5.67. The van der Waals surface area contributed by atoms with Crippen LogP contribution in [0.5, 0.6) is 11.5 Å². The van der Waals surface area contributed by atoms with E-state index in [-0.39, 0.29) is 12.6 Å². The number of ether oxygens (including phenoxy) is 2. The minimum Gasteiger partial charge on any atom is -0.488 e. The Labute approximate surface area is 230 Å². The lowest BCUT2D eigenvalue weighted by Gasteiger charge is -2.40. The van der Waals surface area contributed by atoms with Crippen molar-refractivity contribution in [2.45, 2.75) is 58.4 Å². The molecule has 1 N–H and O–H groups in total. The van der Waals surface area contributed by atoms with Crippen molar-refractivity contribution in [1.82, 2.24) is 14.9 Å². The number of aliphatic hydroxyl groups excluding tert-OH is 1. The van der Waals surface area contributed by atoms with Crippen molar-refractivity contribution in [3.63, 3.8) is 0 Å². The Kier molecular flexibility index (Phi) is 7.57. The van der Waals surface area contributed by atoms with Crippen molar-refractivity contribution in [1.29, 1.82) is 0 Å². The molecule has 39 heavy (non-hydrogen) atoms. The normalized spacial score (nSPS) is 16.5. The molecule has 1 saturated heterocycles. The molecule has 6 rings (SSSR count). The third-order valence-corrected chi connectivity index (χ3v) is 8.20. The van der Waals surface area contributed by atoms with Gasteiger partial charge in [-0.05, 0) is 66.0 Å². The summed E-state index contributed by atoms with van der Waals surface area (Å²) in [5.41, 5.74) is 9.69. The number of fused-ring (bicyclic) bond motifs is 1. The molecule has 1 aliphatic heterocycles. The second-order valence-electron chi connectivity index (χ2n) is 10.5. The maximum Gasteiger partial charge on any atom is 0.128 e. The SMILES string of the molecule is Cc1c(COc2cc(OCc3cncnc3)c(CN3CCC3CO)c3c2CCC3)cccc1-c1ccccc1. The Morgan fingerprint density at radius 1 is 0.923 bits per heavy atom. The van der Waals surface area contributed by atoms with Crippen molar-refractivity contribution in [2.24, 2.45) is 0 Å². The van der Waals surface area contributed by atoms with Crippen LogP contribution >= 0.6 is 0 Å². The average molecular weight is 522 g/mol. The molecule has 2 aliphatic rings. The third-order valence-electron chi connectivity index (χ3n) is 8.20. The molecule has 1 atom stereocenters. The molecule has 1 aromatic heterocycles. The van der Waals surface area contributed by atoms with E-state index in [1.165, 1.54) is 45.3 Å². The Balaban J connectivity index is 1.30. The summed E-state index contributed by atoms with van der Waals surface area (Å²) >= 11 is 0. The van der Waals surface area contributed by atoms with E-state index in [2.05, 4.69) is 70.3 Å². The van der Waals surface area contributed by atoms with Gasteiger partial charge in [0.2, 0.25) is 0 Å². The number of hydrogen-bond acceptors (Lipinski definition) is 6. The van der Waals surface area contributed by atoms with Crippen LogP contribution in [0.1, 0.15) is 46.2 Å². The summed E-state index contributed by atoms with van der Waals surface area (Å²) in [5.74, 6) is 1.77. The minimum absolute atomic E-state index is 0.197. The molecule has 1 aliphatic carbocycles. The van der Waals surface area contributed by atoms with E-state index in [9.17, 15) is 5.11 Å². The van der Waals surface area contributed by atoms with Gasteiger partial charge >= 0.3 is 0 Å². The fourth-order valence-corrected chi connectivity index (χ4v) is 5.83. The molecule has 200 valence electrons. The van der Waals surface area contributed by atoms with Gasteiger partial charge in [-0.2, -0.15) is 0 Å². The third kappa shape index (κ3) is 5.40. The van der Waals surface area contributed by atoms with Crippen molar-refractivity contribution < 1.29 is 14.6 Å². The van der Waals surface area contributed by atoms with Gasteiger partial charge < -0.3 is 14.6 Å². The van der Waals surface area contributed by atoms with Crippen molar-refractivity contribution in [3.05, 3.63) is 107 Å². The highest BCUT2D eigenvalue weighted by Crippen LogP contribution is 2.41. The molecule has 0 spiro atoms. The van der Waals surface area contributed by atoms with Gasteiger partial charge in [0.25, 0.3) is 0 Å². The lowest BCUT2D eigenvalue weighted by Crippen LogP contribution is -2.49. The van der Waals surface area contributed by atoms with Crippen LogP contribution in [0, 0.1) is 6.92 Å². The first-order valence-electron chi connectivity index (χ1n) is 13.9. The van der Waals surface area contributed by atoms with E-state index in [1.807, 2.05) is 6.07 Å². The first kappa shape index (κ1) is 25.5. The van der Waals surface area contributed by atoms with E-state index in [4.69, 9.17) is 9.47 Å². The molecule has 4 aromatic rings. The van der Waals surface area contributed by atoms with E-state index in [0.717, 1.165) is 55.8 Å². The zero-order valence-electron chi connectivity index (χ0n) is 22.5. The second-order valence-corrected chi connectivity index (χ2v) is 10.5. The second kappa shape index (κ2) is 11.6. The van der Waals surface area contributed by atoms with Gasteiger partial charge in [0.1, 0.15) is 31.0 Å². The topological polar surface area (TPSA) is 67.7 Å². The Bertz CT molecular complexity index is 1420. The van der Waals surface area contributed by atoms with E-state index in [1.54, 1.807) is 12.4 Å². The van der Waals surface area contributed by atoms with Gasteiger partial charge in [0.05, 0.1) is 6.61 Å². The fraction of sp³-hybridized carbons (Fsp3) is 0.333. The summed E-state index contributed by atoms with van der Waals surface area (Å²) in [4.78, 5) is 10.6. The summed E-state index contributed by atoms with van der Waals surface area (Å²) in [6, 6.07) is 19.3. The molecule has 0 bridgehead atoms. The highest BCUT2D eigenvalue weighted by atomic mass is 16.5. The van der Waals surface area contributed by atoms with E-state index in [0.29, 0.717) is 13.2 Å². The molecule has 1 unspecified atom stereocenters. The maximum absolute atomic E-state index is 9.78. The van der Waals surface area contributed by atoms with Crippen LogP contribution in [-0.4, -0.2) is 39.2 Å². The fourth-order valence-electron chi connectivity index (χ4n) is 5.83. The first-order chi connectivity index (χ1) is 19.2. The van der Waals surface area contributed by atoms with Gasteiger partial charge in [0.15, 0.2) is 0 Å². The zero-order valence-corrected chi connectivity index (χ0v) is 22.5. The average Bonchev–Trinajstić information content (AvgIpc) is 3.46. The summed E-state index contributed by atoms with van der Waals surface area (Å²) in [6.07, 6.45) is 9.29. The van der Waals surface area contributed by atoms with E-state index < -0.39 is 0 Å².